The van der Waals surface area contributed by atoms with Crippen molar-refractivity contribution >= 4 is 11.6 Å². The van der Waals surface area contributed by atoms with Crippen molar-refractivity contribution in [3.05, 3.63) is 32.1 Å². The number of nitrogens with zero attached hydrogens (tertiary/aromatic N) is 2. The summed E-state index contributed by atoms with van der Waals surface area (Å²) in [4.78, 5) is 27.1. The molecule has 0 atom stereocenters. The van der Waals surface area contributed by atoms with Gasteiger partial charge in [0.2, 0.25) is 0 Å². The highest BCUT2D eigenvalue weighted by molar-refractivity contribution is 6.29. The molecule has 0 saturated carbocycles. The number of hydrogen-bond acceptors (Lipinski definition) is 3. The number of aromatic amines is 1. The Labute approximate surface area is 92.3 Å². The lowest BCUT2D eigenvalue weighted by Gasteiger charge is -2.09. The van der Waals surface area contributed by atoms with Crippen LogP contribution in [-0.4, -0.2) is 35.1 Å². The Balaban J connectivity index is 2.78. The summed E-state index contributed by atoms with van der Waals surface area (Å²) in [6.45, 7) is 1.23. The maximum Gasteiger partial charge on any atom is 0.329 e. The van der Waals surface area contributed by atoms with Crippen molar-refractivity contribution in [2.45, 2.75) is 13.0 Å². The van der Waals surface area contributed by atoms with Crippen LogP contribution in [0.15, 0.2) is 15.7 Å². The molecule has 1 N–H and O–H groups in total. The zero-order valence-corrected chi connectivity index (χ0v) is 9.54. The average Bonchev–Trinajstić information content (AvgIpc) is 2.08. The van der Waals surface area contributed by atoms with E-state index in [1.54, 1.807) is 0 Å². The van der Waals surface area contributed by atoms with Crippen LogP contribution >= 0.6 is 11.6 Å². The standard InChI is InChI=1S/C9H14ClN3O2/c1-12(2)4-3-5-13-8(14)6-7(10)11-9(13)15/h6H,3-5H2,1-2H3,(H,11,15). The van der Waals surface area contributed by atoms with E-state index in [9.17, 15) is 9.59 Å². The van der Waals surface area contributed by atoms with E-state index in [1.165, 1.54) is 6.07 Å². The third-order valence-electron chi connectivity index (χ3n) is 1.97. The molecule has 1 aromatic rings. The summed E-state index contributed by atoms with van der Waals surface area (Å²) in [5.41, 5.74) is -0.811. The molecule has 0 radical (unpaired) electrons. The van der Waals surface area contributed by atoms with Gasteiger partial charge in [-0.1, -0.05) is 11.6 Å². The molecule has 1 aromatic heterocycles. The van der Waals surface area contributed by atoms with Crippen molar-refractivity contribution in [3.63, 3.8) is 0 Å². The van der Waals surface area contributed by atoms with Gasteiger partial charge in [-0.25, -0.2) is 4.79 Å². The van der Waals surface area contributed by atoms with Crippen LogP contribution in [0.4, 0.5) is 0 Å². The monoisotopic (exact) mass is 231 g/mol. The molecule has 0 unspecified atom stereocenters. The van der Waals surface area contributed by atoms with Gasteiger partial charge < -0.3 is 4.90 Å². The van der Waals surface area contributed by atoms with Gasteiger partial charge in [-0.05, 0) is 27.1 Å². The number of hydrogen-bond donors (Lipinski definition) is 1. The van der Waals surface area contributed by atoms with Crippen LogP contribution in [0.2, 0.25) is 5.15 Å². The summed E-state index contributed by atoms with van der Waals surface area (Å²) in [6.07, 6.45) is 0.748. The first-order valence-corrected chi connectivity index (χ1v) is 5.03. The van der Waals surface area contributed by atoms with Gasteiger partial charge in [0.1, 0.15) is 5.15 Å². The minimum absolute atomic E-state index is 0.0776. The summed E-state index contributed by atoms with van der Waals surface area (Å²) < 4.78 is 1.15. The van der Waals surface area contributed by atoms with E-state index >= 15 is 0 Å². The Hall–Kier alpha value is -1.07. The summed E-state index contributed by atoms with van der Waals surface area (Å²) in [5, 5.41) is 0.0776. The number of nitrogens with one attached hydrogen (secondary N) is 1. The third kappa shape index (κ3) is 3.53. The fourth-order valence-electron chi connectivity index (χ4n) is 1.25. The fraction of sp³-hybridized carbons (Fsp3) is 0.556. The van der Waals surface area contributed by atoms with Gasteiger partial charge in [0, 0.05) is 12.6 Å². The lowest BCUT2D eigenvalue weighted by atomic mass is 10.4. The molecule has 15 heavy (non-hydrogen) atoms. The molecule has 5 nitrogen and oxygen atoms in total. The molecule has 0 bridgehead atoms. The number of aromatic nitrogens is 2. The third-order valence-corrected chi connectivity index (χ3v) is 2.18. The van der Waals surface area contributed by atoms with E-state index in [1.807, 2.05) is 19.0 Å². The van der Waals surface area contributed by atoms with Crippen molar-refractivity contribution in [3.8, 4) is 0 Å². The van der Waals surface area contributed by atoms with Crippen LogP contribution < -0.4 is 11.2 Å². The Morgan fingerprint density at radius 2 is 2.13 bits per heavy atom. The minimum atomic E-state index is -0.453. The normalized spacial score (nSPS) is 10.9. The predicted octanol–water partition coefficient (Wildman–Crippen LogP) is 0.142. The van der Waals surface area contributed by atoms with Crippen LogP contribution in [0.3, 0.4) is 0 Å². The molecule has 0 amide bonds. The first kappa shape index (κ1) is 12.0. The summed E-state index contributed by atoms with van der Waals surface area (Å²) in [7, 11) is 3.88. The molecule has 1 heterocycles. The molecular weight excluding hydrogens is 218 g/mol. The number of halogens is 1. The molecule has 0 aliphatic heterocycles. The summed E-state index contributed by atoms with van der Waals surface area (Å²) in [5.74, 6) is 0. The average molecular weight is 232 g/mol. The first-order valence-electron chi connectivity index (χ1n) is 4.65. The largest absolute Gasteiger partial charge is 0.329 e. The SMILES string of the molecule is CN(C)CCCn1c(=O)cc(Cl)[nH]c1=O. The van der Waals surface area contributed by atoms with E-state index in [4.69, 9.17) is 11.6 Å². The van der Waals surface area contributed by atoms with Crippen LogP contribution in [0.1, 0.15) is 6.42 Å². The molecule has 0 saturated heterocycles. The Bertz CT molecular complexity index is 404. The van der Waals surface area contributed by atoms with Crippen molar-refractivity contribution < 1.29 is 0 Å². The molecule has 84 valence electrons. The molecule has 0 aliphatic rings. The fourth-order valence-corrected chi connectivity index (χ4v) is 1.42. The Kier molecular flexibility index (Phi) is 4.11. The van der Waals surface area contributed by atoms with Crippen LogP contribution in [-0.2, 0) is 6.54 Å². The second-order valence-electron chi connectivity index (χ2n) is 3.57. The van der Waals surface area contributed by atoms with Crippen LogP contribution in [0, 0.1) is 0 Å². The van der Waals surface area contributed by atoms with Crippen molar-refractivity contribution in [1.29, 1.82) is 0 Å². The smallest absolute Gasteiger partial charge is 0.309 e. The zero-order valence-electron chi connectivity index (χ0n) is 8.79. The number of rotatable bonds is 4. The molecule has 0 spiro atoms. The van der Waals surface area contributed by atoms with Gasteiger partial charge in [0.25, 0.3) is 5.56 Å². The summed E-state index contributed by atoms with van der Waals surface area (Å²) >= 11 is 5.53. The van der Waals surface area contributed by atoms with E-state index < -0.39 is 5.69 Å². The lowest BCUT2D eigenvalue weighted by Crippen LogP contribution is -2.35. The van der Waals surface area contributed by atoms with Gasteiger partial charge in [0.05, 0.1) is 0 Å². The molecule has 0 aromatic carbocycles. The van der Waals surface area contributed by atoms with E-state index in [2.05, 4.69) is 4.98 Å². The van der Waals surface area contributed by atoms with Gasteiger partial charge in [-0.2, -0.15) is 0 Å². The molecular formula is C9H14ClN3O2. The first-order chi connectivity index (χ1) is 7.00. The second kappa shape index (κ2) is 5.14. The maximum absolute atomic E-state index is 11.4. The van der Waals surface area contributed by atoms with Gasteiger partial charge in [-0.3, -0.25) is 14.3 Å². The van der Waals surface area contributed by atoms with E-state index in [-0.39, 0.29) is 10.7 Å². The molecule has 6 heteroatoms. The van der Waals surface area contributed by atoms with Crippen molar-refractivity contribution in [2.24, 2.45) is 0 Å². The van der Waals surface area contributed by atoms with E-state index in [0.29, 0.717) is 6.54 Å². The minimum Gasteiger partial charge on any atom is -0.309 e. The predicted molar refractivity (Wildman–Crippen MR) is 59.5 cm³/mol. The van der Waals surface area contributed by atoms with Gasteiger partial charge in [-0.15, -0.1) is 0 Å². The van der Waals surface area contributed by atoms with Gasteiger partial charge in [0.15, 0.2) is 0 Å². The summed E-state index contributed by atoms with van der Waals surface area (Å²) in [6, 6.07) is 1.21. The topological polar surface area (TPSA) is 58.1 Å². The molecule has 0 aliphatic carbocycles. The van der Waals surface area contributed by atoms with Crippen molar-refractivity contribution in [2.75, 3.05) is 20.6 Å². The lowest BCUT2D eigenvalue weighted by molar-refractivity contribution is 0.382. The van der Waals surface area contributed by atoms with Crippen LogP contribution in [0.5, 0.6) is 0 Å². The van der Waals surface area contributed by atoms with Crippen molar-refractivity contribution in [1.82, 2.24) is 14.5 Å². The Morgan fingerprint density at radius 3 is 2.67 bits per heavy atom. The van der Waals surface area contributed by atoms with Gasteiger partial charge >= 0.3 is 5.69 Å². The Morgan fingerprint density at radius 1 is 1.47 bits per heavy atom. The molecule has 1 rings (SSSR count). The highest BCUT2D eigenvalue weighted by Gasteiger charge is 2.02. The highest BCUT2D eigenvalue weighted by Crippen LogP contribution is 1.94. The quantitative estimate of drug-likeness (QED) is 0.750. The number of H-pyrrole nitrogens is 1. The van der Waals surface area contributed by atoms with Crippen LogP contribution in [0.25, 0.3) is 0 Å². The second-order valence-corrected chi connectivity index (χ2v) is 3.98. The maximum atomic E-state index is 11.4. The zero-order chi connectivity index (χ0) is 11.4. The molecule has 0 fully saturated rings. The highest BCUT2D eigenvalue weighted by atomic mass is 35.5. The van der Waals surface area contributed by atoms with E-state index in [0.717, 1.165) is 17.5 Å².